The molecular formula is C8H12N2O. The molecule has 0 radical (unpaired) electrons. The SMILES string of the molecule is CCc1cc(N)ccc1NO. The molecule has 0 bridgehead atoms. The zero-order valence-electron chi connectivity index (χ0n) is 6.46. The summed E-state index contributed by atoms with van der Waals surface area (Å²) in [6.45, 7) is 2.01. The molecule has 0 atom stereocenters. The lowest BCUT2D eigenvalue weighted by atomic mass is 10.1. The van der Waals surface area contributed by atoms with Crippen LogP contribution in [0.5, 0.6) is 0 Å². The molecule has 0 amide bonds. The number of benzene rings is 1. The summed E-state index contributed by atoms with van der Waals surface area (Å²) in [5, 5.41) is 8.65. The second-order valence-electron chi connectivity index (χ2n) is 2.38. The molecule has 0 aromatic heterocycles. The van der Waals surface area contributed by atoms with Gasteiger partial charge in [-0.3, -0.25) is 10.7 Å². The van der Waals surface area contributed by atoms with Gasteiger partial charge in [0.1, 0.15) is 0 Å². The van der Waals surface area contributed by atoms with Crippen LogP contribution in [0.4, 0.5) is 11.4 Å². The molecule has 0 aliphatic carbocycles. The fourth-order valence-corrected chi connectivity index (χ4v) is 1.02. The molecule has 0 saturated heterocycles. The van der Waals surface area contributed by atoms with Gasteiger partial charge in [-0.25, -0.2) is 0 Å². The quantitative estimate of drug-likeness (QED) is 0.446. The van der Waals surface area contributed by atoms with Crippen LogP contribution in [-0.2, 0) is 6.42 Å². The van der Waals surface area contributed by atoms with E-state index in [-0.39, 0.29) is 0 Å². The number of anilines is 2. The van der Waals surface area contributed by atoms with Crippen molar-refractivity contribution in [2.75, 3.05) is 11.2 Å². The van der Waals surface area contributed by atoms with Crippen LogP contribution in [0.1, 0.15) is 12.5 Å². The molecule has 11 heavy (non-hydrogen) atoms. The van der Waals surface area contributed by atoms with Crippen LogP contribution >= 0.6 is 0 Å². The van der Waals surface area contributed by atoms with E-state index in [1.807, 2.05) is 13.0 Å². The van der Waals surface area contributed by atoms with E-state index < -0.39 is 0 Å². The Balaban J connectivity index is 3.06. The van der Waals surface area contributed by atoms with E-state index >= 15 is 0 Å². The molecular weight excluding hydrogens is 140 g/mol. The molecule has 1 rings (SSSR count). The van der Waals surface area contributed by atoms with Gasteiger partial charge in [0.25, 0.3) is 0 Å². The predicted molar refractivity (Wildman–Crippen MR) is 45.6 cm³/mol. The molecule has 1 aromatic rings. The van der Waals surface area contributed by atoms with Crippen molar-refractivity contribution in [2.24, 2.45) is 0 Å². The number of nitrogens with two attached hydrogens (primary N) is 1. The number of hydrogen-bond acceptors (Lipinski definition) is 3. The summed E-state index contributed by atoms with van der Waals surface area (Å²) in [5.41, 5.74) is 10.1. The number of rotatable bonds is 2. The number of hydrogen-bond donors (Lipinski definition) is 3. The fraction of sp³-hybridized carbons (Fsp3) is 0.250. The summed E-state index contributed by atoms with van der Waals surface area (Å²) in [6, 6.07) is 5.35. The van der Waals surface area contributed by atoms with Crippen molar-refractivity contribution in [2.45, 2.75) is 13.3 Å². The zero-order chi connectivity index (χ0) is 8.27. The maximum atomic E-state index is 8.65. The smallest absolute Gasteiger partial charge is 0.0635 e. The molecule has 0 heterocycles. The molecule has 0 unspecified atom stereocenters. The van der Waals surface area contributed by atoms with Crippen LogP contribution in [-0.4, -0.2) is 5.21 Å². The van der Waals surface area contributed by atoms with Crippen molar-refractivity contribution >= 4 is 11.4 Å². The van der Waals surface area contributed by atoms with E-state index in [0.717, 1.165) is 23.4 Å². The van der Waals surface area contributed by atoms with Gasteiger partial charge in [0, 0.05) is 5.69 Å². The maximum absolute atomic E-state index is 8.65. The first-order valence-corrected chi connectivity index (χ1v) is 3.56. The first-order chi connectivity index (χ1) is 5.27. The third kappa shape index (κ3) is 1.62. The van der Waals surface area contributed by atoms with Gasteiger partial charge in [0.05, 0.1) is 5.69 Å². The molecule has 3 heteroatoms. The average molecular weight is 152 g/mol. The lowest BCUT2D eigenvalue weighted by molar-refractivity contribution is 0.388. The van der Waals surface area contributed by atoms with Crippen molar-refractivity contribution in [3.8, 4) is 0 Å². The molecule has 0 saturated carbocycles. The van der Waals surface area contributed by atoms with Crippen molar-refractivity contribution in [3.05, 3.63) is 23.8 Å². The van der Waals surface area contributed by atoms with Crippen LogP contribution in [0.3, 0.4) is 0 Å². The van der Waals surface area contributed by atoms with Gasteiger partial charge in [-0.2, -0.15) is 0 Å². The Hall–Kier alpha value is -1.22. The maximum Gasteiger partial charge on any atom is 0.0635 e. The molecule has 0 fully saturated rings. The Morgan fingerprint density at radius 2 is 2.27 bits per heavy atom. The minimum Gasteiger partial charge on any atom is -0.399 e. The minimum absolute atomic E-state index is 0.723. The highest BCUT2D eigenvalue weighted by Crippen LogP contribution is 2.18. The third-order valence-electron chi connectivity index (χ3n) is 1.63. The normalized spacial score (nSPS) is 9.64. The highest BCUT2D eigenvalue weighted by Gasteiger charge is 1.98. The van der Waals surface area contributed by atoms with E-state index in [2.05, 4.69) is 5.48 Å². The van der Waals surface area contributed by atoms with E-state index in [1.54, 1.807) is 12.1 Å². The van der Waals surface area contributed by atoms with Crippen LogP contribution < -0.4 is 11.2 Å². The average Bonchev–Trinajstić information content (AvgIpc) is 2.04. The predicted octanol–water partition coefficient (Wildman–Crippen LogP) is 1.63. The number of nitrogen functional groups attached to an aromatic ring is 1. The second kappa shape index (κ2) is 3.25. The molecule has 60 valence electrons. The van der Waals surface area contributed by atoms with Crippen molar-refractivity contribution < 1.29 is 5.21 Å². The summed E-state index contributed by atoms with van der Waals surface area (Å²) in [7, 11) is 0. The third-order valence-corrected chi connectivity index (χ3v) is 1.63. The molecule has 0 aliphatic rings. The van der Waals surface area contributed by atoms with Gasteiger partial charge < -0.3 is 5.73 Å². The first-order valence-electron chi connectivity index (χ1n) is 3.56. The Labute approximate surface area is 65.8 Å². The van der Waals surface area contributed by atoms with E-state index in [9.17, 15) is 0 Å². The van der Waals surface area contributed by atoms with Gasteiger partial charge >= 0.3 is 0 Å². The van der Waals surface area contributed by atoms with Crippen molar-refractivity contribution in [1.82, 2.24) is 0 Å². The Bertz CT molecular complexity index is 248. The Kier molecular flexibility index (Phi) is 2.33. The summed E-state index contributed by atoms with van der Waals surface area (Å²) < 4.78 is 0. The largest absolute Gasteiger partial charge is 0.399 e. The van der Waals surface area contributed by atoms with Gasteiger partial charge in [0.2, 0.25) is 0 Å². The summed E-state index contributed by atoms with van der Waals surface area (Å²) in [6.07, 6.45) is 0.855. The van der Waals surface area contributed by atoms with Crippen LogP contribution in [0.15, 0.2) is 18.2 Å². The molecule has 0 spiro atoms. The van der Waals surface area contributed by atoms with Gasteiger partial charge in [-0.1, -0.05) is 6.92 Å². The first kappa shape index (κ1) is 7.88. The van der Waals surface area contributed by atoms with E-state index in [1.165, 1.54) is 0 Å². The summed E-state index contributed by atoms with van der Waals surface area (Å²) in [5.74, 6) is 0. The topological polar surface area (TPSA) is 58.3 Å². The monoisotopic (exact) mass is 152 g/mol. The lowest BCUT2D eigenvalue weighted by Gasteiger charge is -2.05. The van der Waals surface area contributed by atoms with Crippen LogP contribution in [0.25, 0.3) is 0 Å². The summed E-state index contributed by atoms with van der Waals surface area (Å²) in [4.78, 5) is 0. The minimum atomic E-state index is 0.723. The van der Waals surface area contributed by atoms with Crippen molar-refractivity contribution in [3.63, 3.8) is 0 Å². The van der Waals surface area contributed by atoms with E-state index in [0.29, 0.717) is 0 Å². The second-order valence-corrected chi connectivity index (χ2v) is 2.38. The number of aryl methyl sites for hydroxylation is 1. The Morgan fingerprint density at radius 1 is 1.55 bits per heavy atom. The number of nitrogens with one attached hydrogen (secondary N) is 1. The zero-order valence-corrected chi connectivity index (χ0v) is 6.46. The van der Waals surface area contributed by atoms with Gasteiger partial charge in [-0.15, -0.1) is 0 Å². The standard InChI is InChI=1S/C8H12N2O/c1-2-6-5-7(9)3-4-8(6)10-11/h3-5,10-11H,2,9H2,1H3. The van der Waals surface area contributed by atoms with Crippen LogP contribution in [0.2, 0.25) is 0 Å². The van der Waals surface area contributed by atoms with Gasteiger partial charge in [0.15, 0.2) is 0 Å². The highest BCUT2D eigenvalue weighted by atomic mass is 16.5. The molecule has 3 nitrogen and oxygen atoms in total. The molecule has 0 aliphatic heterocycles. The van der Waals surface area contributed by atoms with Gasteiger partial charge in [-0.05, 0) is 30.2 Å². The van der Waals surface area contributed by atoms with E-state index in [4.69, 9.17) is 10.9 Å². The summed E-state index contributed by atoms with van der Waals surface area (Å²) >= 11 is 0. The highest BCUT2D eigenvalue weighted by molar-refractivity contribution is 5.56. The Morgan fingerprint density at radius 3 is 2.82 bits per heavy atom. The molecule has 1 aromatic carbocycles. The molecule has 4 N–H and O–H groups in total. The fourth-order valence-electron chi connectivity index (χ4n) is 1.02. The van der Waals surface area contributed by atoms with Crippen LogP contribution in [0, 0.1) is 0 Å². The van der Waals surface area contributed by atoms with Crippen molar-refractivity contribution in [1.29, 1.82) is 0 Å². The lowest BCUT2D eigenvalue weighted by Crippen LogP contribution is -1.96.